The Kier molecular flexibility index (Phi) is 5.75. The van der Waals surface area contributed by atoms with Crippen molar-refractivity contribution in [3.8, 4) is 39.1 Å². The van der Waals surface area contributed by atoms with E-state index >= 15 is 0 Å². The Morgan fingerprint density at radius 1 is 0.386 bits per heavy atom. The quantitative estimate of drug-likeness (QED) is 0.196. The molecule has 0 aliphatic heterocycles. The van der Waals surface area contributed by atoms with Crippen LogP contribution in [0.3, 0.4) is 0 Å². The molecule has 1 nitrogen and oxygen atoms in total. The molecule has 0 radical (unpaired) electrons. The van der Waals surface area contributed by atoms with E-state index in [1.54, 1.807) is 0 Å². The lowest BCUT2D eigenvalue weighted by atomic mass is 9.94. The van der Waals surface area contributed by atoms with Gasteiger partial charge < -0.3 is 4.57 Å². The third-order valence-electron chi connectivity index (χ3n) is 8.80. The second kappa shape index (κ2) is 10.1. The summed E-state index contributed by atoms with van der Waals surface area (Å²) < 4.78 is 5.07. The fourth-order valence-electron chi connectivity index (χ4n) is 6.81. The molecule has 7 aromatic carbocycles. The summed E-state index contributed by atoms with van der Waals surface area (Å²) in [4.78, 5) is 0. The van der Waals surface area contributed by atoms with Gasteiger partial charge in [0, 0.05) is 26.2 Å². The molecule has 0 saturated heterocycles. The van der Waals surface area contributed by atoms with E-state index in [0.29, 0.717) is 0 Å². The number of hydrogen-bond donors (Lipinski definition) is 0. The first-order valence-electron chi connectivity index (χ1n) is 15.0. The Morgan fingerprint density at radius 3 is 1.64 bits per heavy atom. The fraction of sp³-hybridized carbons (Fsp3) is 0. The van der Waals surface area contributed by atoms with Gasteiger partial charge in [0.15, 0.2) is 0 Å². The van der Waals surface area contributed by atoms with Crippen molar-refractivity contribution in [1.29, 1.82) is 0 Å². The molecule has 0 fully saturated rings. The van der Waals surface area contributed by atoms with E-state index in [0.717, 1.165) is 0 Å². The number of para-hydroxylation sites is 2. The molecule has 0 unspecified atom stereocenters. The van der Waals surface area contributed by atoms with Gasteiger partial charge in [-0.3, -0.25) is 0 Å². The van der Waals surface area contributed by atoms with Gasteiger partial charge >= 0.3 is 0 Å². The summed E-state index contributed by atoms with van der Waals surface area (Å²) >= 11 is 1.89. The van der Waals surface area contributed by atoms with Gasteiger partial charge in [-0.05, 0) is 69.8 Å². The molecule has 0 spiro atoms. The molecule has 0 aliphatic carbocycles. The zero-order chi connectivity index (χ0) is 29.0. The lowest BCUT2D eigenvalue weighted by Gasteiger charge is -2.11. The van der Waals surface area contributed by atoms with Crippen molar-refractivity contribution in [2.45, 2.75) is 0 Å². The Labute approximate surface area is 259 Å². The molecular formula is C42H27NS. The Bertz CT molecular complexity index is 2440. The van der Waals surface area contributed by atoms with Crippen molar-refractivity contribution in [1.82, 2.24) is 4.57 Å². The van der Waals surface area contributed by atoms with Gasteiger partial charge in [-0.2, -0.15) is 0 Å². The number of benzene rings is 7. The van der Waals surface area contributed by atoms with E-state index in [-0.39, 0.29) is 0 Å². The van der Waals surface area contributed by atoms with Crippen LogP contribution in [0.5, 0.6) is 0 Å². The first kappa shape index (κ1) is 25.1. The maximum absolute atomic E-state index is 2.45. The maximum atomic E-state index is 2.45. The molecule has 9 aromatic rings. The molecule has 0 atom stereocenters. The van der Waals surface area contributed by atoms with E-state index in [9.17, 15) is 0 Å². The highest BCUT2D eigenvalue weighted by Gasteiger charge is 2.18. The number of fused-ring (bicyclic) bond motifs is 6. The standard InChI is InChI=1S/C42H27NS/c1-2-12-28(13-3-1)29-14-8-15-30(26-29)31-16-9-17-32(27-31)33-20-11-25-40-41(33)36-21-10-24-39(42(36)44-40)43-37-22-6-4-18-34(37)35-19-5-7-23-38(35)43/h1-27H. The molecule has 2 aromatic heterocycles. The zero-order valence-corrected chi connectivity index (χ0v) is 24.8. The Hall–Kier alpha value is -5.44. The van der Waals surface area contributed by atoms with Crippen LogP contribution in [0.2, 0.25) is 0 Å². The van der Waals surface area contributed by atoms with Crippen molar-refractivity contribution >= 4 is 53.3 Å². The molecular weight excluding hydrogens is 551 g/mol. The summed E-state index contributed by atoms with van der Waals surface area (Å²) in [7, 11) is 0. The van der Waals surface area contributed by atoms with Gasteiger partial charge in [0.05, 0.1) is 21.4 Å². The van der Waals surface area contributed by atoms with E-state index in [4.69, 9.17) is 0 Å². The Balaban J connectivity index is 1.23. The van der Waals surface area contributed by atoms with E-state index in [1.807, 2.05) is 11.3 Å². The van der Waals surface area contributed by atoms with Crippen LogP contribution >= 0.6 is 11.3 Å². The second-order valence-electron chi connectivity index (χ2n) is 11.3. The molecule has 206 valence electrons. The highest BCUT2D eigenvalue weighted by molar-refractivity contribution is 7.26. The fourth-order valence-corrected chi connectivity index (χ4v) is 8.04. The van der Waals surface area contributed by atoms with Crippen LogP contribution in [0.25, 0.3) is 81.0 Å². The molecule has 0 N–H and O–H groups in total. The molecule has 2 heterocycles. The summed E-state index contributed by atoms with van der Waals surface area (Å²) in [5, 5.41) is 5.20. The van der Waals surface area contributed by atoms with Crippen molar-refractivity contribution in [2.75, 3.05) is 0 Å². The summed E-state index contributed by atoms with van der Waals surface area (Å²) in [6, 6.07) is 59.5. The zero-order valence-electron chi connectivity index (χ0n) is 23.9. The third kappa shape index (κ3) is 3.92. The van der Waals surface area contributed by atoms with E-state index < -0.39 is 0 Å². The predicted octanol–water partition coefficient (Wildman–Crippen LogP) is 12.2. The highest BCUT2D eigenvalue weighted by Crippen LogP contribution is 2.44. The summed E-state index contributed by atoms with van der Waals surface area (Å²) in [6.07, 6.45) is 0. The minimum atomic E-state index is 1.22. The molecule has 2 heteroatoms. The predicted molar refractivity (Wildman–Crippen MR) is 190 cm³/mol. The largest absolute Gasteiger partial charge is 0.308 e. The average Bonchev–Trinajstić information content (AvgIpc) is 3.65. The van der Waals surface area contributed by atoms with Crippen molar-refractivity contribution in [2.24, 2.45) is 0 Å². The lowest BCUT2D eigenvalue weighted by molar-refractivity contribution is 1.20. The molecule has 0 amide bonds. The van der Waals surface area contributed by atoms with Crippen LogP contribution in [-0.4, -0.2) is 4.57 Å². The summed E-state index contributed by atoms with van der Waals surface area (Å²) in [6.45, 7) is 0. The van der Waals surface area contributed by atoms with Gasteiger partial charge in [-0.25, -0.2) is 0 Å². The highest BCUT2D eigenvalue weighted by atomic mass is 32.1. The van der Waals surface area contributed by atoms with Crippen LogP contribution in [0, 0.1) is 0 Å². The molecule has 9 rings (SSSR count). The number of thiophene rings is 1. The lowest BCUT2D eigenvalue weighted by Crippen LogP contribution is -1.93. The normalized spacial score (nSPS) is 11.6. The maximum Gasteiger partial charge on any atom is 0.0640 e. The van der Waals surface area contributed by atoms with Crippen LogP contribution in [0.1, 0.15) is 0 Å². The van der Waals surface area contributed by atoms with Crippen LogP contribution in [-0.2, 0) is 0 Å². The number of rotatable bonds is 4. The van der Waals surface area contributed by atoms with Gasteiger partial charge in [0.1, 0.15) is 0 Å². The minimum Gasteiger partial charge on any atom is -0.308 e. The van der Waals surface area contributed by atoms with Gasteiger partial charge in [-0.1, -0.05) is 127 Å². The van der Waals surface area contributed by atoms with Crippen molar-refractivity contribution in [3.05, 3.63) is 164 Å². The van der Waals surface area contributed by atoms with E-state index in [2.05, 4.69) is 168 Å². The number of nitrogens with zero attached hydrogens (tertiary/aromatic N) is 1. The minimum absolute atomic E-state index is 1.22. The number of aromatic nitrogens is 1. The molecule has 0 aliphatic rings. The number of hydrogen-bond acceptors (Lipinski definition) is 1. The summed E-state index contributed by atoms with van der Waals surface area (Å²) in [5.41, 5.74) is 11.1. The van der Waals surface area contributed by atoms with Gasteiger partial charge in [0.2, 0.25) is 0 Å². The van der Waals surface area contributed by atoms with Crippen molar-refractivity contribution < 1.29 is 0 Å². The van der Waals surface area contributed by atoms with Crippen LogP contribution < -0.4 is 0 Å². The first-order valence-corrected chi connectivity index (χ1v) is 15.8. The topological polar surface area (TPSA) is 4.93 Å². The van der Waals surface area contributed by atoms with Crippen LogP contribution in [0.15, 0.2) is 164 Å². The molecule has 44 heavy (non-hydrogen) atoms. The first-order chi connectivity index (χ1) is 21.8. The van der Waals surface area contributed by atoms with E-state index in [1.165, 1.54) is 81.0 Å². The SMILES string of the molecule is c1ccc(-c2cccc(-c3cccc(-c4cccc5sc6c(-n7c8ccccc8c8ccccc87)cccc6c45)c3)c2)cc1. The smallest absolute Gasteiger partial charge is 0.0640 e. The monoisotopic (exact) mass is 577 g/mol. The summed E-state index contributed by atoms with van der Waals surface area (Å²) in [5.74, 6) is 0. The average molecular weight is 578 g/mol. The Morgan fingerprint density at radius 2 is 0.909 bits per heavy atom. The second-order valence-corrected chi connectivity index (χ2v) is 12.4. The van der Waals surface area contributed by atoms with Crippen LogP contribution in [0.4, 0.5) is 0 Å². The van der Waals surface area contributed by atoms with Gasteiger partial charge in [-0.15, -0.1) is 11.3 Å². The third-order valence-corrected chi connectivity index (χ3v) is 9.99. The molecule has 0 bridgehead atoms. The molecule has 0 saturated carbocycles. The van der Waals surface area contributed by atoms with Gasteiger partial charge in [0.25, 0.3) is 0 Å². The van der Waals surface area contributed by atoms with Crippen molar-refractivity contribution in [3.63, 3.8) is 0 Å².